The van der Waals surface area contributed by atoms with Gasteiger partial charge in [0.15, 0.2) is 0 Å². The third-order valence-electron chi connectivity index (χ3n) is 5.61. The topological polar surface area (TPSA) is 0 Å². The first-order valence-electron chi connectivity index (χ1n) is 9.58. The summed E-state index contributed by atoms with van der Waals surface area (Å²) in [7, 11) is 0. The van der Waals surface area contributed by atoms with Crippen molar-refractivity contribution < 1.29 is 0 Å². The Balaban J connectivity index is 1.51. The third-order valence-corrected chi connectivity index (χ3v) is 6.14. The fraction of sp³-hybridized carbons (Fsp3) is 0.478. The Morgan fingerprint density at radius 2 is 1.33 bits per heavy atom. The molecule has 0 aliphatic heterocycles. The Kier molecular flexibility index (Phi) is 6.54. The van der Waals surface area contributed by atoms with Crippen LogP contribution in [0.25, 0.3) is 0 Å². The number of hydrogen-bond acceptors (Lipinski definition) is 0. The van der Waals surface area contributed by atoms with E-state index in [0.29, 0.717) is 0 Å². The molecule has 0 bridgehead atoms. The van der Waals surface area contributed by atoms with Gasteiger partial charge in [-0.05, 0) is 79.2 Å². The van der Waals surface area contributed by atoms with E-state index >= 15 is 0 Å². The van der Waals surface area contributed by atoms with E-state index in [4.69, 9.17) is 0 Å². The standard InChI is InChI=1S/C23H29Br/c1-2-3-18-6-12-21(13-7-18)22-14-8-19(9-15-22)4-5-20-10-16-23(24)17-11-20/h8-11,14-18,21H,2-7,12-13H2,1H3. The van der Waals surface area contributed by atoms with Crippen LogP contribution >= 0.6 is 15.9 Å². The highest BCUT2D eigenvalue weighted by atomic mass is 79.9. The van der Waals surface area contributed by atoms with Gasteiger partial charge in [-0.1, -0.05) is 72.1 Å². The molecule has 2 aromatic rings. The molecule has 1 heteroatoms. The maximum atomic E-state index is 3.50. The minimum atomic E-state index is 0.804. The SMILES string of the molecule is CCCC1CCC(c2ccc(CCc3ccc(Br)cc3)cc2)CC1. The van der Waals surface area contributed by atoms with E-state index in [1.54, 1.807) is 5.56 Å². The molecular formula is C23H29Br. The first-order valence-corrected chi connectivity index (χ1v) is 10.4. The molecule has 1 aliphatic carbocycles. The highest BCUT2D eigenvalue weighted by Crippen LogP contribution is 2.37. The Labute approximate surface area is 155 Å². The second kappa shape index (κ2) is 8.85. The average molecular weight is 385 g/mol. The first kappa shape index (κ1) is 17.7. The molecule has 0 amide bonds. The van der Waals surface area contributed by atoms with E-state index in [1.807, 2.05) is 0 Å². The average Bonchev–Trinajstić information content (AvgIpc) is 2.63. The van der Waals surface area contributed by atoms with E-state index in [0.717, 1.165) is 29.2 Å². The van der Waals surface area contributed by atoms with Crippen LogP contribution in [0.4, 0.5) is 0 Å². The number of rotatable bonds is 6. The van der Waals surface area contributed by atoms with Crippen LogP contribution in [-0.2, 0) is 12.8 Å². The number of aryl methyl sites for hydroxylation is 2. The van der Waals surface area contributed by atoms with E-state index in [9.17, 15) is 0 Å². The van der Waals surface area contributed by atoms with Crippen molar-refractivity contribution in [3.8, 4) is 0 Å². The molecule has 24 heavy (non-hydrogen) atoms. The number of benzene rings is 2. The van der Waals surface area contributed by atoms with Crippen molar-refractivity contribution in [2.45, 2.75) is 64.2 Å². The van der Waals surface area contributed by atoms with Gasteiger partial charge in [-0.25, -0.2) is 0 Å². The van der Waals surface area contributed by atoms with Crippen molar-refractivity contribution in [1.29, 1.82) is 0 Å². The van der Waals surface area contributed by atoms with Gasteiger partial charge in [-0.2, -0.15) is 0 Å². The summed E-state index contributed by atoms with van der Waals surface area (Å²) < 4.78 is 1.16. The summed E-state index contributed by atoms with van der Waals surface area (Å²) in [6.45, 7) is 2.32. The Morgan fingerprint density at radius 1 is 0.792 bits per heavy atom. The van der Waals surface area contributed by atoms with Crippen molar-refractivity contribution in [3.05, 3.63) is 69.7 Å². The summed E-state index contributed by atoms with van der Waals surface area (Å²) in [5.74, 6) is 1.80. The summed E-state index contributed by atoms with van der Waals surface area (Å²) in [5, 5.41) is 0. The molecular weight excluding hydrogens is 356 g/mol. The molecule has 0 N–H and O–H groups in total. The summed E-state index contributed by atoms with van der Waals surface area (Å²) in [6.07, 6.45) is 10.7. The summed E-state index contributed by atoms with van der Waals surface area (Å²) in [6, 6.07) is 18.2. The lowest BCUT2D eigenvalue weighted by molar-refractivity contribution is 0.308. The zero-order valence-corrected chi connectivity index (χ0v) is 16.4. The van der Waals surface area contributed by atoms with Gasteiger partial charge in [0.1, 0.15) is 0 Å². The van der Waals surface area contributed by atoms with Crippen LogP contribution in [-0.4, -0.2) is 0 Å². The molecule has 0 atom stereocenters. The van der Waals surface area contributed by atoms with Crippen molar-refractivity contribution in [2.75, 3.05) is 0 Å². The highest BCUT2D eigenvalue weighted by Gasteiger charge is 2.21. The van der Waals surface area contributed by atoms with Crippen molar-refractivity contribution >= 4 is 15.9 Å². The molecule has 0 nitrogen and oxygen atoms in total. The third kappa shape index (κ3) is 4.96. The molecule has 3 rings (SSSR count). The van der Waals surface area contributed by atoms with Gasteiger partial charge < -0.3 is 0 Å². The fourth-order valence-corrected chi connectivity index (χ4v) is 4.35. The zero-order chi connectivity index (χ0) is 16.8. The molecule has 0 aromatic heterocycles. The minimum absolute atomic E-state index is 0.804. The van der Waals surface area contributed by atoms with E-state index in [2.05, 4.69) is 71.4 Å². The lowest BCUT2D eigenvalue weighted by Crippen LogP contribution is -2.13. The molecule has 2 aromatic carbocycles. The van der Waals surface area contributed by atoms with Gasteiger partial charge in [0.2, 0.25) is 0 Å². The lowest BCUT2D eigenvalue weighted by atomic mass is 9.77. The van der Waals surface area contributed by atoms with Crippen molar-refractivity contribution in [2.24, 2.45) is 5.92 Å². The predicted molar refractivity (Wildman–Crippen MR) is 108 cm³/mol. The predicted octanol–water partition coefficient (Wildman–Crippen LogP) is 7.31. The molecule has 128 valence electrons. The molecule has 0 radical (unpaired) electrons. The lowest BCUT2D eigenvalue weighted by Gasteiger charge is -2.28. The number of hydrogen-bond donors (Lipinski definition) is 0. The van der Waals surface area contributed by atoms with E-state index < -0.39 is 0 Å². The molecule has 1 aliphatic rings. The molecule has 0 heterocycles. The molecule has 1 saturated carbocycles. The zero-order valence-electron chi connectivity index (χ0n) is 14.8. The number of halogens is 1. The second-order valence-corrected chi connectivity index (χ2v) is 8.29. The maximum absolute atomic E-state index is 3.50. The smallest absolute Gasteiger partial charge is 0.0175 e. The monoisotopic (exact) mass is 384 g/mol. The van der Waals surface area contributed by atoms with Crippen LogP contribution in [0.15, 0.2) is 53.0 Å². The van der Waals surface area contributed by atoms with Gasteiger partial charge in [0.05, 0.1) is 0 Å². The van der Waals surface area contributed by atoms with Gasteiger partial charge in [0, 0.05) is 4.47 Å². The quantitative estimate of drug-likeness (QED) is 0.489. The van der Waals surface area contributed by atoms with Crippen molar-refractivity contribution in [3.63, 3.8) is 0 Å². The largest absolute Gasteiger partial charge is 0.0654 e. The highest BCUT2D eigenvalue weighted by molar-refractivity contribution is 9.10. The van der Waals surface area contributed by atoms with Gasteiger partial charge in [0.25, 0.3) is 0 Å². The molecule has 0 unspecified atom stereocenters. The van der Waals surface area contributed by atoms with E-state index in [1.165, 1.54) is 49.7 Å². The van der Waals surface area contributed by atoms with Crippen LogP contribution < -0.4 is 0 Å². The Hall–Kier alpha value is -1.08. The fourth-order valence-electron chi connectivity index (χ4n) is 4.09. The van der Waals surface area contributed by atoms with Crippen LogP contribution in [0.5, 0.6) is 0 Å². The second-order valence-electron chi connectivity index (χ2n) is 7.37. The van der Waals surface area contributed by atoms with Gasteiger partial charge in [-0.15, -0.1) is 0 Å². The Morgan fingerprint density at radius 3 is 1.88 bits per heavy atom. The molecule has 0 spiro atoms. The van der Waals surface area contributed by atoms with Crippen LogP contribution in [0.2, 0.25) is 0 Å². The van der Waals surface area contributed by atoms with E-state index in [-0.39, 0.29) is 0 Å². The normalized spacial score (nSPS) is 20.9. The van der Waals surface area contributed by atoms with Crippen LogP contribution in [0.1, 0.15) is 68.1 Å². The summed E-state index contributed by atoms with van der Waals surface area (Å²) in [4.78, 5) is 0. The summed E-state index contributed by atoms with van der Waals surface area (Å²) >= 11 is 3.50. The van der Waals surface area contributed by atoms with Gasteiger partial charge >= 0.3 is 0 Å². The molecule has 1 fully saturated rings. The minimum Gasteiger partial charge on any atom is -0.0654 e. The first-order chi connectivity index (χ1) is 11.7. The van der Waals surface area contributed by atoms with Gasteiger partial charge in [-0.3, -0.25) is 0 Å². The maximum Gasteiger partial charge on any atom is 0.0175 e. The van der Waals surface area contributed by atoms with Crippen LogP contribution in [0, 0.1) is 5.92 Å². The van der Waals surface area contributed by atoms with Crippen molar-refractivity contribution in [1.82, 2.24) is 0 Å². The summed E-state index contributed by atoms with van der Waals surface area (Å²) in [5.41, 5.74) is 4.44. The van der Waals surface area contributed by atoms with Crippen LogP contribution in [0.3, 0.4) is 0 Å². The Bertz CT molecular complexity index is 603. The molecule has 0 saturated heterocycles.